The molecule has 3 aromatic rings. The molecule has 0 radical (unpaired) electrons. The van der Waals surface area contributed by atoms with Crippen molar-refractivity contribution in [2.24, 2.45) is 0 Å². The van der Waals surface area contributed by atoms with Crippen LogP contribution in [0.4, 0.5) is 5.82 Å². The second-order valence-electron chi connectivity index (χ2n) is 6.09. The highest BCUT2D eigenvalue weighted by Gasteiger charge is 2.20. The zero-order valence-electron chi connectivity index (χ0n) is 13.8. The Morgan fingerprint density at radius 2 is 1.80 bits per heavy atom. The molecule has 3 heterocycles. The predicted molar refractivity (Wildman–Crippen MR) is 98.1 cm³/mol. The van der Waals surface area contributed by atoms with E-state index in [1.165, 1.54) is 5.56 Å². The Morgan fingerprint density at radius 3 is 2.56 bits per heavy atom. The van der Waals surface area contributed by atoms with Crippen LogP contribution in [0.1, 0.15) is 5.56 Å². The molecule has 1 fully saturated rings. The lowest BCUT2D eigenvalue weighted by Crippen LogP contribution is -2.46. The predicted octanol–water partition coefficient (Wildman–Crippen LogP) is 2.64. The summed E-state index contributed by atoms with van der Waals surface area (Å²) in [4.78, 5) is 12.9. The molecular formula is C18H19ClN6. The summed E-state index contributed by atoms with van der Waals surface area (Å²) in [5, 5.41) is 5.08. The van der Waals surface area contributed by atoms with Crippen molar-refractivity contribution in [3.8, 4) is 5.69 Å². The van der Waals surface area contributed by atoms with Crippen molar-refractivity contribution in [2.45, 2.75) is 6.54 Å². The Hall–Kier alpha value is -2.44. The highest BCUT2D eigenvalue weighted by molar-refractivity contribution is 6.32. The van der Waals surface area contributed by atoms with Crippen LogP contribution in [0, 0.1) is 0 Å². The highest BCUT2D eigenvalue weighted by atomic mass is 35.5. The van der Waals surface area contributed by atoms with E-state index in [1.54, 1.807) is 12.5 Å². The third-order valence-electron chi connectivity index (χ3n) is 4.38. The van der Waals surface area contributed by atoms with Gasteiger partial charge in [-0.15, -0.1) is 0 Å². The molecule has 0 amide bonds. The lowest BCUT2D eigenvalue weighted by molar-refractivity contribution is 0.249. The van der Waals surface area contributed by atoms with Gasteiger partial charge in [0.15, 0.2) is 5.82 Å². The number of benzene rings is 1. The minimum Gasteiger partial charge on any atom is -0.353 e. The van der Waals surface area contributed by atoms with E-state index in [1.807, 2.05) is 29.1 Å². The molecule has 1 aromatic carbocycles. The second-order valence-corrected chi connectivity index (χ2v) is 6.49. The number of anilines is 1. The van der Waals surface area contributed by atoms with E-state index in [9.17, 15) is 0 Å². The fraction of sp³-hybridized carbons (Fsp3) is 0.278. The van der Waals surface area contributed by atoms with Gasteiger partial charge in [-0.05, 0) is 12.1 Å². The summed E-state index contributed by atoms with van der Waals surface area (Å²) in [5.74, 6) is 0.827. The summed E-state index contributed by atoms with van der Waals surface area (Å²) in [6.07, 6.45) is 7.24. The summed E-state index contributed by atoms with van der Waals surface area (Å²) in [5.41, 5.74) is 2.30. The van der Waals surface area contributed by atoms with E-state index in [4.69, 9.17) is 11.6 Å². The van der Waals surface area contributed by atoms with Gasteiger partial charge in [-0.3, -0.25) is 4.90 Å². The number of piperazine rings is 1. The minimum absolute atomic E-state index is 0.611. The Morgan fingerprint density at radius 1 is 1.00 bits per heavy atom. The Bertz CT molecular complexity index is 826. The largest absolute Gasteiger partial charge is 0.353 e. The Labute approximate surface area is 151 Å². The molecule has 0 saturated carbocycles. The highest BCUT2D eigenvalue weighted by Crippen LogP contribution is 2.22. The lowest BCUT2D eigenvalue weighted by atomic mass is 10.2. The average Bonchev–Trinajstić information content (AvgIpc) is 3.12. The number of nitrogens with zero attached hydrogens (tertiary/aromatic N) is 6. The first-order chi connectivity index (χ1) is 12.3. The molecule has 0 aliphatic carbocycles. The maximum Gasteiger partial charge on any atom is 0.150 e. The van der Waals surface area contributed by atoms with Crippen LogP contribution >= 0.6 is 11.6 Å². The zero-order valence-corrected chi connectivity index (χ0v) is 14.5. The van der Waals surface area contributed by atoms with Crippen LogP contribution in [0.2, 0.25) is 5.02 Å². The number of hydrogen-bond acceptors (Lipinski definition) is 5. The number of para-hydroxylation sites is 1. The van der Waals surface area contributed by atoms with Gasteiger partial charge in [0.25, 0.3) is 0 Å². The van der Waals surface area contributed by atoms with Crippen molar-refractivity contribution in [3.05, 3.63) is 65.8 Å². The van der Waals surface area contributed by atoms with Crippen molar-refractivity contribution in [1.82, 2.24) is 24.6 Å². The summed E-state index contributed by atoms with van der Waals surface area (Å²) in [6, 6.07) is 10.2. The maximum absolute atomic E-state index is 6.19. The van der Waals surface area contributed by atoms with Crippen LogP contribution in [-0.2, 0) is 6.54 Å². The molecule has 1 aliphatic rings. The molecular weight excluding hydrogens is 336 g/mol. The topological polar surface area (TPSA) is 50.1 Å². The van der Waals surface area contributed by atoms with Crippen LogP contribution in [0.15, 0.2) is 55.2 Å². The van der Waals surface area contributed by atoms with Gasteiger partial charge in [-0.2, -0.15) is 5.10 Å². The smallest absolute Gasteiger partial charge is 0.150 e. The third kappa shape index (κ3) is 3.65. The summed E-state index contributed by atoms with van der Waals surface area (Å²) >= 11 is 6.19. The molecule has 0 N–H and O–H groups in total. The summed E-state index contributed by atoms with van der Waals surface area (Å²) in [7, 11) is 0. The van der Waals surface area contributed by atoms with Gasteiger partial charge in [0, 0.05) is 44.5 Å². The van der Waals surface area contributed by atoms with E-state index >= 15 is 0 Å². The fourth-order valence-electron chi connectivity index (χ4n) is 3.08. The van der Waals surface area contributed by atoms with E-state index in [0.29, 0.717) is 5.02 Å². The molecule has 2 aromatic heterocycles. The van der Waals surface area contributed by atoms with Crippen LogP contribution in [0.5, 0.6) is 0 Å². The molecule has 6 nitrogen and oxygen atoms in total. The van der Waals surface area contributed by atoms with Gasteiger partial charge in [-0.1, -0.05) is 29.8 Å². The average molecular weight is 355 g/mol. The molecule has 0 unspecified atom stereocenters. The first-order valence-corrected chi connectivity index (χ1v) is 8.69. The molecule has 1 saturated heterocycles. The fourth-order valence-corrected chi connectivity index (χ4v) is 3.30. The van der Waals surface area contributed by atoms with Crippen LogP contribution in [0.25, 0.3) is 5.69 Å². The molecule has 4 rings (SSSR count). The molecule has 1 aliphatic heterocycles. The van der Waals surface area contributed by atoms with Crippen molar-refractivity contribution in [2.75, 3.05) is 31.1 Å². The maximum atomic E-state index is 6.19. The number of halogens is 1. The first-order valence-electron chi connectivity index (χ1n) is 8.31. The van der Waals surface area contributed by atoms with Gasteiger partial charge in [0.1, 0.15) is 11.3 Å². The van der Waals surface area contributed by atoms with Crippen LogP contribution in [0.3, 0.4) is 0 Å². The van der Waals surface area contributed by atoms with Gasteiger partial charge < -0.3 is 4.90 Å². The standard InChI is InChI=1S/C18H19ClN6/c19-17-11-20-14-21-18(17)24-8-6-23(7-9-24)12-15-10-22-25(13-15)16-4-2-1-3-5-16/h1-5,10-11,13-14H,6-9,12H2. The summed E-state index contributed by atoms with van der Waals surface area (Å²) < 4.78 is 1.92. The lowest BCUT2D eigenvalue weighted by Gasteiger charge is -2.35. The zero-order chi connectivity index (χ0) is 17.1. The van der Waals surface area contributed by atoms with Crippen molar-refractivity contribution in [3.63, 3.8) is 0 Å². The van der Waals surface area contributed by atoms with E-state index in [2.05, 4.69) is 43.2 Å². The van der Waals surface area contributed by atoms with Crippen molar-refractivity contribution in [1.29, 1.82) is 0 Å². The van der Waals surface area contributed by atoms with Gasteiger partial charge in [-0.25, -0.2) is 14.6 Å². The van der Waals surface area contributed by atoms with E-state index in [-0.39, 0.29) is 0 Å². The van der Waals surface area contributed by atoms with Gasteiger partial charge >= 0.3 is 0 Å². The molecule has 0 bridgehead atoms. The van der Waals surface area contributed by atoms with E-state index < -0.39 is 0 Å². The van der Waals surface area contributed by atoms with Gasteiger partial charge in [0.2, 0.25) is 0 Å². The molecule has 128 valence electrons. The third-order valence-corrected chi connectivity index (χ3v) is 4.65. The first kappa shape index (κ1) is 16.1. The number of aromatic nitrogens is 4. The molecule has 25 heavy (non-hydrogen) atoms. The van der Waals surface area contributed by atoms with Crippen LogP contribution in [-0.4, -0.2) is 50.8 Å². The molecule has 0 spiro atoms. The van der Waals surface area contributed by atoms with Gasteiger partial charge in [0.05, 0.1) is 18.1 Å². The molecule has 0 atom stereocenters. The minimum atomic E-state index is 0.611. The molecule has 7 heteroatoms. The van der Waals surface area contributed by atoms with E-state index in [0.717, 1.165) is 44.2 Å². The quantitative estimate of drug-likeness (QED) is 0.721. The Kier molecular flexibility index (Phi) is 4.63. The number of rotatable bonds is 4. The van der Waals surface area contributed by atoms with Crippen molar-refractivity contribution < 1.29 is 0 Å². The second kappa shape index (κ2) is 7.21. The SMILES string of the molecule is Clc1cncnc1N1CCN(Cc2cnn(-c3ccccc3)c2)CC1. The Balaban J connectivity index is 1.36. The number of hydrogen-bond donors (Lipinski definition) is 0. The van der Waals surface area contributed by atoms with Crippen molar-refractivity contribution >= 4 is 17.4 Å². The monoisotopic (exact) mass is 354 g/mol. The van der Waals surface area contributed by atoms with Crippen LogP contribution < -0.4 is 4.90 Å². The normalized spacial score (nSPS) is 15.5. The summed E-state index contributed by atoms with van der Waals surface area (Å²) in [6.45, 7) is 4.65.